The first kappa shape index (κ1) is 10.7. The number of hydrogen-bond donors (Lipinski definition) is 1. The molecule has 1 aliphatic rings. The van der Waals surface area contributed by atoms with E-state index >= 15 is 0 Å². The highest BCUT2D eigenvalue weighted by Crippen LogP contribution is 2.29. The summed E-state index contributed by atoms with van der Waals surface area (Å²) < 4.78 is 0. The zero-order chi connectivity index (χ0) is 10.7. The second-order valence-electron chi connectivity index (χ2n) is 3.85. The summed E-state index contributed by atoms with van der Waals surface area (Å²) in [6, 6.07) is 2.12. The molecule has 0 amide bonds. The van der Waals surface area contributed by atoms with E-state index in [1.54, 1.807) is 12.4 Å². The van der Waals surface area contributed by atoms with Crippen LogP contribution in [-0.4, -0.2) is 29.3 Å². The van der Waals surface area contributed by atoms with Gasteiger partial charge < -0.3 is 10.0 Å². The number of anilines is 1. The molecule has 1 aliphatic heterocycles. The van der Waals surface area contributed by atoms with Crippen LogP contribution in [0.4, 0.5) is 5.69 Å². The number of nitrogens with zero attached hydrogens (tertiary/aromatic N) is 2. The molecule has 0 aliphatic carbocycles. The van der Waals surface area contributed by atoms with E-state index in [2.05, 4.69) is 9.88 Å². The summed E-state index contributed by atoms with van der Waals surface area (Å²) in [4.78, 5) is 6.16. The molecule has 0 radical (unpaired) electrons. The molecular weight excluding hydrogens is 212 g/mol. The number of halogens is 1. The van der Waals surface area contributed by atoms with Crippen LogP contribution in [0.1, 0.15) is 19.3 Å². The molecule has 1 aromatic rings. The van der Waals surface area contributed by atoms with Crippen LogP contribution in [0.5, 0.6) is 0 Å². The molecule has 2 heterocycles. The van der Waals surface area contributed by atoms with E-state index in [1.165, 1.54) is 6.42 Å². The van der Waals surface area contributed by atoms with Crippen LogP contribution in [-0.2, 0) is 0 Å². The maximum atomic E-state index is 9.31. The van der Waals surface area contributed by atoms with Gasteiger partial charge in [-0.1, -0.05) is 11.6 Å². The predicted octanol–water partition coefficient (Wildman–Crippen LogP) is 2.09. The topological polar surface area (TPSA) is 36.4 Å². The number of aliphatic hydroxyl groups is 1. The molecule has 0 saturated carbocycles. The Morgan fingerprint density at radius 3 is 3.13 bits per heavy atom. The van der Waals surface area contributed by atoms with Gasteiger partial charge in [-0.25, -0.2) is 0 Å². The van der Waals surface area contributed by atoms with E-state index in [9.17, 15) is 5.11 Å². The van der Waals surface area contributed by atoms with E-state index in [0.717, 1.165) is 25.1 Å². The summed E-state index contributed by atoms with van der Waals surface area (Å²) in [5, 5.41) is 9.98. The van der Waals surface area contributed by atoms with Gasteiger partial charge in [0.05, 0.1) is 23.4 Å². The summed E-state index contributed by atoms with van der Waals surface area (Å²) in [5.41, 5.74) is 0.991. The standard InChI is InChI=1S/C11H15ClN2O/c12-10-7-13-5-4-11(10)14-6-2-1-3-9(14)8-15/h4-5,7,9,15H,1-3,6,8H2. The zero-order valence-electron chi connectivity index (χ0n) is 8.56. The molecule has 15 heavy (non-hydrogen) atoms. The van der Waals surface area contributed by atoms with Crippen LogP contribution in [0, 0.1) is 0 Å². The smallest absolute Gasteiger partial charge is 0.0822 e. The van der Waals surface area contributed by atoms with Crippen LogP contribution in [0.3, 0.4) is 0 Å². The highest BCUT2D eigenvalue weighted by molar-refractivity contribution is 6.33. The van der Waals surface area contributed by atoms with Crippen molar-refractivity contribution in [3.8, 4) is 0 Å². The molecule has 1 saturated heterocycles. The third-order valence-electron chi connectivity index (χ3n) is 2.90. The fraction of sp³-hybridized carbons (Fsp3) is 0.545. The molecule has 2 rings (SSSR count). The van der Waals surface area contributed by atoms with E-state index in [0.29, 0.717) is 5.02 Å². The Hall–Kier alpha value is -0.800. The number of rotatable bonds is 2. The van der Waals surface area contributed by atoms with E-state index in [-0.39, 0.29) is 12.6 Å². The molecule has 1 atom stereocenters. The lowest BCUT2D eigenvalue weighted by Crippen LogP contribution is -2.42. The van der Waals surface area contributed by atoms with Crippen molar-refractivity contribution in [2.24, 2.45) is 0 Å². The van der Waals surface area contributed by atoms with Gasteiger partial charge in [0, 0.05) is 18.9 Å². The summed E-state index contributed by atoms with van der Waals surface area (Å²) in [7, 11) is 0. The molecule has 0 bridgehead atoms. The van der Waals surface area contributed by atoms with Crippen molar-refractivity contribution in [3.63, 3.8) is 0 Å². The highest BCUT2D eigenvalue weighted by atomic mass is 35.5. The Bertz CT molecular complexity index is 332. The molecule has 82 valence electrons. The average Bonchev–Trinajstić information content (AvgIpc) is 2.30. The normalized spacial score (nSPS) is 21.7. The molecule has 3 nitrogen and oxygen atoms in total. The molecule has 0 aromatic carbocycles. The van der Waals surface area contributed by atoms with Crippen molar-refractivity contribution in [1.82, 2.24) is 4.98 Å². The third-order valence-corrected chi connectivity index (χ3v) is 3.19. The molecule has 1 unspecified atom stereocenters. The minimum Gasteiger partial charge on any atom is -0.394 e. The maximum Gasteiger partial charge on any atom is 0.0822 e. The van der Waals surface area contributed by atoms with Gasteiger partial charge >= 0.3 is 0 Å². The van der Waals surface area contributed by atoms with Crippen LogP contribution in [0.15, 0.2) is 18.5 Å². The second kappa shape index (κ2) is 4.81. The van der Waals surface area contributed by atoms with E-state index in [1.807, 2.05) is 6.07 Å². The predicted molar refractivity (Wildman–Crippen MR) is 61.3 cm³/mol. The zero-order valence-corrected chi connectivity index (χ0v) is 9.32. The van der Waals surface area contributed by atoms with Crippen LogP contribution >= 0.6 is 11.6 Å². The summed E-state index contributed by atoms with van der Waals surface area (Å²) in [6.07, 6.45) is 6.78. The largest absolute Gasteiger partial charge is 0.394 e. The average molecular weight is 227 g/mol. The first-order valence-electron chi connectivity index (χ1n) is 5.30. The Kier molecular flexibility index (Phi) is 3.44. The molecule has 1 aromatic heterocycles. The van der Waals surface area contributed by atoms with Crippen LogP contribution < -0.4 is 4.90 Å². The molecule has 1 N–H and O–H groups in total. The van der Waals surface area contributed by atoms with Gasteiger partial charge in [0.25, 0.3) is 0 Å². The Morgan fingerprint density at radius 2 is 2.40 bits per heavy atom. The van der Waals surface area contributed by atoms with Crippen molar-refractivity contribution in [3.05, 3.63) is 23.5 Å². The lowest BCUT2D eigenvalue weighted by molar-refractivity contribution is 0.240. The number of aliphatic hydroxyl groups excluding tert-OH is 1. The Morgan fingerprint density at radius 1 is 1.53 bits per heavy atom. The molecule has 4 heteroatoms. The number of aromatic nitrogens is 1. The third kappa shape index (κ3) is 2.24. The minimum atomic E-state index is 0.193. The molecule has 0 spiro atoms. The van der Waals surface area contributed by atoms with Crippen molar-refractivity contribution in [1.29, 1.82) is 0 Å². The van der Waals surface area contributed by atoms with Crippen molar-refractivity contribution < 1.29 is 5.11 Å². The van der Waals surface area contributed by atoms with Crippen molar-refractivity contribution in [2.45, 2.75) is 25.3 Å². The fourth-order valence-electron chi connectivity index (χ4n) is 2.11. The van der Waals surface area contributed by atoms with Gasteiger partial charge in [-0.15, -0.1) is 0 Å². The van der Waals surface area contributed by atoms with Gasteiger partial charge in [-0.3, -0.25) is 4.98 Å². The van der Waals surface area contributed by atoms with E-state index in [4.69, 9.17) is 11.6 Å². The Labute approximate surface area is 94.7 Å². The van der Waals surface area contributed by atoms with Gasteiger partial charge in [-0.2, -0.15) is 0 Å². The maximum absolute atomic E-state index is 9.31. The quantitative estimate of drug-likeness (QED) is 0.839. The summed E-state index contributed by atoms with van der Waals surface area (Å²) >= 11 is 6.09. The van der Waals surface area contributed by atoms with Crippen LogP contribution in [0.2, 0.25) is 5.02 Å². The van der Waals surface area contributed by atoms with Gasteiger partial charge in [0.2, 0.25) is 0 Å². The van der Waals surface area contributed by atoms with Crippen LogP contribution in [0.25, 0.3) is 0 Å². The summed E-state index contributed by atoms with van der Waals surface area (Å²) in [6.45, 7) is 1.16. The van der Waals surface area contributed by atoms with Gasteiger partial charge in [-0.05, 0) is 25.3 Å². The first-order valence-corrected chi connectivity index (χ1v) is 5.67. The SMILES string of the molecule is OCC1CCCCN1c1ccncc1Cl. The monoisotopic (exact) mass is 226 g/mol. The lowest BCUT2D eigenvalue weighted by atomic mass is 10.0. The molecular formula is C11H15ClN2O. The highest BCUT2D eigenvalue weighted by Gasteiger charge is 2.23. The molecule has 1 fully saturated rings. The summed E-state index contributed by atoms with van der Waals surface area (Å²) in [5.74, 6) is 0. The number of pyridine rings is 1. The van der Waals surface area contributed by atoms with Gasteiger partial charge in [0.1, 0.15) is 0 Å². The fourth-order valence-corrected chi connectivity index (χ4v) is 2.34. The number of piperidine rings is 1. The minimum absolute atomic E-state index is 0.193. The second-order valence-corrected chi connectivity index (χ2v) is 4.26. The number of hydrogen-bond acceptors (Lipinski definition) is 3. The van der Waals surface area contributed by atoms with Gasteiger partial charge in [0.15, 0.2) is 0 Å². The first-order chi connectivity index (χ1) is 7.33. The Balaban J connectivity index is 2.24. The van der Waals surface area contributed by atoms with E-state index < -0.39 is 0 Å². The van der Waals surface area contributed by atoms with Crippen molar-refractivity contribution in [2.75, 3.05) is 18.1 Å². The van der Waals surface area contributed by atoms with Crippen molar-refractivity contribution >= 4 is 17.3 Å². The lowest BCUT2D eigenvalue weighted by Gasteiger charge is -2.36.